The fraction of sp³-hybridized carbons (Fsp3) is 0.647. The van der Waals surface area contributed by atoms with E-state index in [0.29, 0.717) is 23.7 Å². The molecule has 2 aliphatic rings. The number of aliphatic hydroxyl groups excluding tert-OH is 2. The average molecular weight is 359 g/mol. The molecular formula is C17H25N7O2. The number of nitrogens with zero attached hydrogens (tertiary/aromatic N) is 6. The van der Waals surface area contributed by atoms with E-state index < -0.39 is 0 Å². The van der Waals surface area contributed by atoms with Gasteiger partial charge in [0, 0.05) is 38.3 Å². The normalized spacial score (nSPS) is 23.7. The Kier molecular flexibility index (Phi) is 4.73. The lowest BCUT2D eigenvalue weighted by Crippen LogP contribution is -2.37. The fourth-order valence-electron chi connectivity index (χ4n) is 3.69. The van der Waals surface area contributed by atoms with Crippen molar-refractivity contribution in [2.75, 3.05) is 23.3 Å². The number of nitrogens with one attached hydrogen (secondary N) is 1. The molecule has 0 atom stereocenters. The summed E-state index contributed by atoms with van der Waals surface area (Å²) < 4.78 is 1.88. The van der Waals surface area contributed by atoms with Crippen LogP contribution in [0.15, 0.2) is 12.3 Å². The molecule has 3 N–H and O–H groups in total. The van der Waals surface area contributed by atoms with Crippen LogP contribution in [-0.4, -0.2) is 60.2 Å². The van der Waals surface area contributed by atoms with Gasteiger partial charge < -0.3 is 25.0 Å². The molecule has 1 saturated carbocycles. The molecule has 0 spiro atoms. The summed E-state index contributed by atoms with van der Waals surface area (Å²) in [5.41, 5.74) is 0. The third-order valence-corrected chi connectivity index (χ3v) is 5.41. The lowest BCUT2D eigenvalue weighted by Gasteiger charge is -2.35. The Morgan fingerprint density at radius 1 is 1.23 bits per heavy atom. The van der Waals surface area contributed by atoms with Crippen molar-refractivity contribution in [3.63, 3.8) is 0 Å². The lowest BCUT2D eigenvalue weighted by molar-refractivity contribution is 0.145. The van der Waals surface area contributed by atoms with Gasteiger partial charge in [0.25, 0.3) is 0 Å². The molecule has 0 bridgehead atoms. The van der Waals surface area contributed by atoms with E-state index in [4.69, 9.17) is 0 Å². The van der Waals surface area contributed by atoms with Crippen molar-refractivity contribution >= 4 is 11.8 Å². The summed E-state index contributed by atoms with van der Waals surface area (Å²) in [6.45, 7) is 1.55. The fourth-order valence-corrected chi connectivity index (χ4v) is 3.69. The van der Waals surface area contributed by atoms with Gasteiger partial charge in [-0.3, -0.25) is 0 Å². The first kappa shape index (κ1) is 17.2. The van der Waals surface area contributed by atoms with Gasteiger partial charge in [0.05, 0.1) is 6.10 Å². The zero-order valence-electron chi connectivity index (χ0n) is 14.9. The van der Waals surface area contributed by atoms with E-state index in [0.717, 1.165) is 50.4 Å². The highest BCUT2D eigenvalue weighted by Crippen LogP contribution is 2.37. The van der Waals surface area contributed by atoms with E-state index in [1.54, 1.807) is 6.20 Å². The maximum atomic E-state index is 9.65. The minimum absolute atomic E-state index is 0.0912. The molecular weight excluding hydrogens is 334 g/mol. The molecule has 3 heterocycles. The number of anilines is 2. The van der Waals surface area contributed by atoms with Gasteiger partial charge in [0.15, 0.2) is 5.82 Å². The summed E-state index contributed by atoms with van der Waals surface area (Å²) in [7, 11) is 1.89. The molecule has 2 aromatic heterocycles. The minimum Gasteiger partial charge on any atom is -0.393 e. The number of hydrogen-bond acceptors (Lipinski definition) is 8. The second-order valence-electron chi connectivity index (χ2n) is 7.16. The van der Waals surface area contributed by atoms with Crippen molar-refractivity contribution in [1.29, 1.82) is 0 Å². The maximum Gasteiger partial charge on any atom is 0.224 e. The van der Waals surface area contributed by atoms with Gasteiger partial charge in [-0.05, 0) is 31.7 Å². The monoisotopic (exact) mass is 359 g/mol. The van der Waals surface area contributed by atoms with Gasteiger partial charge in [0.1, 0.15) is 18.2 Å². The van der Waals surface area contributed by atoms with Crippen LogP contribution in [-0.2, 0) is 13.7 Å². The Bertz CT molecular complexity index is 751. The van der Waals surface area contributed by atoms with Crippen molar-refractivity contribution in [3.8, 4) is 0 Å². The van der Waals surface area contributed by atoms with Gasteiger partial charge in [-0.1, -0.05) is 0 Å². The molecule has 9 heteroatoms. The second kappa shape index (κ2) is 7.16. The zero-order chi connectivity index (χ0) is 18.1. The van der Waals surface area contributed by atoms with Gasteiger partial charge in [-0.25, -0.2) is 4.98 Å². The number of aliphatic hydroxyl groups is 2. The average Bonchev–Trinajstić information content (AvgIpc) is 2.99. The molecule has 0 unspecified atom stereocenters. The van der Waals surface area contributed by atoms with Gasteiger partial charge >= 0.3 is 0 Å². The van der Waals surface area contributed by atoms with Crippen LogP contribution in [0, 0.1) is 0 Å². The van der Waals surface area contributed by atoms with E-state index in [9.17, 15) is 10.2 Å². The predicted octanol–water partition coefficient (Wildman–Crippen LogP) is 0.417. The summed E-state index contributed by atoms with van der Waals surface area (Å²) in [6, 6.07) is 2.23. The highest BCUT2D eigenvalue weighted by atomic mass is 16.3. The Morgan fingerprint density at radius 3 is 2.69 bits per heavy atom. The SMILES string of the molecule is Cn1c(CO)nnc1C1CC(Nc2nccc(N3CCC(O)CC3)n2)C1. The van der Waals surface area contributed by atoms with Crippen molar-refractivity contribution in [1.82, 2.24) is 24.7 Å². The summed E-state index contributed by atoms with van der Waals surface area (Å²) in [4.78, 5) is 11.2. The van der Waals surface area contributed by atoms with E-state index in [1.807, 2.05) is 17.7 Å². The van der Waals surface area contributed by atoms with E-state index in [2.05, 4.69) is 30.4 Å². The first-order chi connectivity index (χ1) is 12.6. The molecule has 26 heavy (non-hydrogen) atoms. The van der Waals surface area contributed by atoms with Gasteiger partial charge in [0.2, 0.25) is 5.95 Å². The molecule has 1 aliphatic carbocycles. The van der Waals surface area contributed by atoms with Crippen LogP contribution in [0.3, 0.4) is 0 Å². The van der Waals surface area contributed by atoms with Gasteiger partial charge in [-0.15, -0.1) is 10.2 Å². The number of aromatic nitrogens is 5. The smallest absolute Gasteiger partial charge is 0.224 e. The summed E-state index contributed by atoms with van der Waals surface area (Å²) in [6.07, 6.45) is 5.04. The molecule has 4 rings (SSSR count). The highest BCUT2D eigenvalue weighted by molar-refractivity contribution is 5.43. The molecule has 140 valence electrons. The van der Waals surface area contributed by atoms with Crippen molar-refractivity contribution in [3.05, 3.63) is 23.9 Å². The molecule has 1 aliphatic heterocycles. The first-order valence-corrected chi connectivity index (χ1v) is 9.15. The topological polar surface area (TPSA) is 112 Å². The Balaban J connectivity index is 1.34. The number of piperidine rings is 1. The molecule has 2 aromatic rings. The summed E-state index contributed by atoms with van der Waals surface area (Å²) >= 11 is 0. The summed E-state index contributed by atoms with van der Waals surface area (Å²) in [5, 5.41) is 30.5. The first-order valence-electron chi connectivity index (χ1n) is 9.15. The predicted molar refractivity (Wildman–Crippen MR) is 95.8 cm³/mol. The Labute approximate surface area is 152 Å². The highest BCUT2D eigenvalue weighted by Gasteiger charge is 2.34. The molecule has 1 saturated heterocycles. The molecule has 0 amide bonds. The molecule has 0 aromatic carbocycles. The molecule has 9 nitrogen and oxygen atoms in total. The Hall–Kier alpha value is -2.26. The zero-order valence-corrected chi connectivity index (χ0v) is 14.9. The summed E-state index contributed by atoms with van der Waals surface area (Å²) in [5.74, 6) is 3.42. The quantitative estimate of drug-likeness (QED) is 0.704. The second-order valence-corrected chi connectivity index (χ2v) is 7.16. The van der Waals surface area contributed by atoms with Crippen LogP contribution in [0.1, 0.15) is 43.3 Å². The van der Waals surface area contributed by atoms with Crippen LogP contribution < -0.4 is 10.2 Å². The van der Waals surface area contributed by atoms with Crippen LogP contribution in [0.2, 0.25) is 0 Å². The number of rotatable bonds is 5. The van der Waals surface area contributed by atoms with Gasteiger partial charge in [-0.2, -0.15) is 4.98 Å². The number of hydrogen-bond donors (Lipinski definition) is 3. The third kappa shape index (κ3) is 3.36. The minimum atomic E-state index is -0.190. The van der Waals surface area contributed by atoms with Crippen LogP contribution in [0.25, 0.3) is 0 Å². The van der Waals surface area contributed by atoms with E-state index in [-0.39, 0.29) is 12.7 Å². The van der Waals surface area contributed by atoms with E-state index >= 15 is 0 Å². The van der Waals surface area contributed by atoms with Crippen molar-refractivity contribution < 1.29 is 10.2 Å². The Morgan fingerprint density at radius 2 is 2.00 bits per heavy atom. The van der Waals surface area contributed by atoms with E-state index in [1.165, 1.54) is 0 Å². The third-order valence-electron chi connectivity index (χ3n) is 5.41. The van der Waals surface area contributed by atoms with Crippen LogP contribution in [0.5, 0.6) is 0 Å². The standard InChI is InChI=1S/C17H25N7O2/c1-23-15(10-25)21-22-16(23)11-8-12(9-11)19-17-18-5-2-14(20-17)24-6-3-13(26)4-7-24/h2,5,11-13,25-26H,3-4,6-10H2,1H3,(H,18,19,20). The van der Waals surface area contributed by atoms with Crippen LogP contribution in [0.4, 0.5) is 11.8 Å². The largest absolute Gasteiger partial charge is 0.393 e. The molecule has 0 radical (unpaired) electrons. The van der Waals surface area contributed by atoms with Crippen molar-refractivity contribution in [2.24, 2.45) is 7.05 Å². The van der Waals surface area contributed by atoms with Crippen molar-refractivity contribution in [2.45, 2.75) is 50.4 Å². The van der Waals surface area contributed by atoms with Crippen LogP contribution >= 0.6 is 0 Å². The maximum absolute atomic E-state index is 9.65. The lowest BCUT2D eigenvalue weighted by atomic mass is 9.79. The molecule has 2 fully saturated rings.